The summed E-state index contributed by atoms with van der Waals surface area (Å²) in [6.45, 7) is 6.19. The Hall–Kier alpha value is -2.82. The summed E-state index contributed by atoms with van der Waals surface area (Å²) in [5.41, 5.74) is 3.59. The van der Waals surface area contributed by atoms with Gasteiger partial charge in [0.1, 0.15) is 0 Å². The summed E-state index contributed by atoms with van der Waals surface area (Å²) in [6.07, 6.45) is 0. The Morgan fingerprint density at radius 2 is 1.88 bits per heavy atom. The number of hydrogen-bond acceptors (Lipinski definition) is 5. The van der Waals surface area contributed by atoms with E-state index >= 15 is 0 Å². The molecule has 0 spiro atoms. The standard InChI is InChI=1S/C22H23N5O3S2/c1-13(2)32(30)27-7-5-26(6-8-27)22(29)14-3-4-16-15(9-14)10-17(23-16)20-21(28)25-19-12-31-11-18(19)24-20/h3-4,9-13,23H,5-8H2,1-2H3,(H,25,28). The number of piperazine rings is 1. The highest BCUT2D eigenvalue weighted by molar-refractivity contribution is 7.83. The van der Waals surface area contributed by atoms with E-state index in [1.165, 1.54) is 11.3 Å². The molecule has 2 N–H and O–H groups in total. The van der Waals surface area contributed by atoms with E-state index in [1.54, 1.807) is 11.0 Å². The Kier molecular flexibility index (Phi) is 5.44. The predicted octanol–water partition coefficient (Wildman–Crippen LogP) is 2.96. The third-order valence-corrected chi connectivity index (χ3v) is 8.06. The van der Waals surface area contributed by atoms with Crippen LogP contribution in [0.15, 0.2) is 39.8 Å². The number of rotatable bonds is 4. The summed E-state index contributed by atoms with van der Waals surface area (Å²) in [5.74, 6) is -0.0414. The topological polar surface area (TPSA) is 102 Å². The average Bonchev–Trinajstić information content (AvgIpc) is 3.43. The molecule has 1 aliphatic heterocycles. The Balaban J connectivity index is 1.38. The van der Waals surface area contributed by atoms with E-state index in [-0.39, 0.29) is 16.7 Å². The molecule has 1 atom stereocenters. The lowest BCUT2D eigenvalue weighted by Gasteiger charge is -2.34. The number of H-pyrrole nitrogens is 2. The summed E-state index contributed by atoms with van der Waals surface area (Å²) in [6, 6.07) is 7.34. The van der Waals surface area contributed by atoms with E-state index in [4.69, 9.17) is 0 Å². The van der Waals surface area contributed by atoms with Crippen LogP contribution in [0.4, 0.5) is 0 Å². The van der Waals surface area contributed by atoms with Crippen molar-refractivity contribution in [1.29, 1.82) is 0 Å². The van der Waals surface area contributed by atoms with Crippen molar-refractivity contribution in [2.24, 2.45) is 0 Å². The lowest BCUT2D eigenvalue weighted by atomic mass is 10.1. The lowest BCUT2D eigenvalue weighted by Crippen LogP contribution is -2.50. The lowest BCUT2D eigenvalue weighted by molar-refractivity contribution is 0.0701. The Bertz CT molecular complexity index is 1400. The summed E-state index contributed by atoms with van der Waals surface area (Å²) >= 11 is 1.49. The first-order valence-electron chi connectivity index (χ1n) is 10.4. The molecule has 1 unspecified atom stereocenters. The van der Waals surface area contributed by atoms with Gasteiger partial charge in [0.15, 0.2) is 5.69 Å². The highest BCUT2D eigenvalue weighted by atomic mass is 32.2. The van der Waals surface area contributed by atoms with E-state index in [0.717, 1.165) is 21.9 Å². The quantitative estimate of drug-likeness (QED) is 0.480. The van der Waals surface area contributed by atoms with Crippen molar-refractivity contribution in [2.45, 2.75) is 19.1 Å². The molecule has 8 nitrogen and oxygen atoms in total. The molecule has 1 saturated heterocycles. The van der Waals surface area contributed by atoms with Crippen molar-refractivity contribution in [3.8, 4) is 11.4 Å². The smallest absolute Gasteiger partial charge is 0.276 e. The van der Waals surface area contributed by atoms with Crippen LogP contribution in [0, 0.1) is 0 Å². The maximum absolute atomic E-state index is 13.1. The monoisotopic (exact) mass is 469 g/mol. The molecule has 1 fully saturated rings. The molecule has 1 amide bonds. The van der Waals surface area contributed by atoms with Gasteiger partial charge in [-0.3, -0.25) is 9.59 Å². The number of aromatic nitrogens is 3. The molecule has 0 bridgehead atoms. The van der Waals surface area contributed by atoms with Crippen LogP contribution in [0.1, 0.15) is 24.2 Å². The molecule has 32 heavy (non-hydrogen) atoms. The van der Waals surface area contributed by atoms with Crippen molar-refractivity contribution in [3.05, 3.63) is 50.9 Å². The molecule has 0 saturated carbocycles. The fourth-order valence-electron chi connectivity index (χ4n) is 3.95. The summed E-state index contributed by atoms with van der Waals surface area (Å²) in [4.78, 5) is 37.9. The Morgan fingerprint density at radius 1 is 1.09 bits per heavy atom. The van der Waals surface area contributed by atoms with Crippen LogP contribution in [0.2, 0.25) is 0 Å². The van der Waals surface area contributed by atoms with Gasteiger partial charge in [-0.1, -0.05) is 0 Å². The number of nitrogens with one attached hydrogen (secondary N) is 2. The molecule has 0 radical (unpaired) electrons. The highest BCUT2D eigenvalue weighted by Gasteiger charge is 2.26. The van der Waals surface area contributed by atoms with Gasteiger partial charge in [0.05, 0.1) is 27.7 Å². The average molecular weight is 470 g/mol. The molecule has 5 rings (SSSR count). The third kappa shape index (κ3) is 3.78. The van der Waals surface area contributed by atoms with E-state index < -0.39 is 11.0 Å². The third-order valence-electron chi connectivity index (χ3n) is 5.64. The van der Waals surface area contributed by atoms with Gasteiger partial charge in [0.25, 0.3) is 11.5 Å². The molecular weight excluding hydrogens is 446 g/mol. The van der Waals surface area contributed by atoms with Crippen LogP contribution in [0.5, 0.6) is 0 Å². The first kappa shape index (κ1) is 21.0. The molecule has 0 aliphatic carbocycles. The zero-order valence-electron chi connectivity index (χ0n) is 17.8. The number of nitrogens with zero attached hydrogens (tertiary/aromatic N) is 3. The SMILES string of the molecule is CC(C)S(=O)N1CCN(C(=O)c2ccc3[nH]c(-c4nc5cscc5[nH]c4=O)cc3c2)CC1. The number of carbonyl (C=O) groups is 1. The Morgan fingerprint density at radius 3 is 2.62 bits per heavy atom. The minimum absolute atomic E-state index is 0.0414. The molecule has 3 aromatic heterocycles. The van der Waals surface area contributed by atoms with Gasteiger partial charge < -0.3 is 14.9 Å². The minimum atomic E-state index is -1.02. The summed E-state index contributed by atoms with van der Waals surface area (Å²) in [5, 5.41) is 4.67. The van der Waals surface area contributed by atoms with Crippen molar-refractivity contribution in [1.82, 2.24) is 24.2 Å². The van der Waals surface area contributed by atoms with E-state index in [9.17, 15) is 13.8 Å². The van der Waals surface area contributed by atoms with Crippen LogP contribution in [0.3, 0.4) is 0 Å². The maximum atomic E-state index is 13.1. The number of amides is 1. The molecule has 166 valence electrons. The predicted molar refractivity (Wildman–Crippen MR) is 128 cm³/mol. The number of carbonyl (C=O) groups excluding carboxylic acids is 1. The van der Waals surface area contributed by atoms with Gasteiger partial charge in [-0.25, -0.2) is 13.5 Å². The number of thiophene rings is 1. The van der Waals surface area contributed by atoms with Crippen LogP contribution < -0.4 is 5.56 Å². The minimum Gasteiger partial charge on any atom is -0.353 e. The van der Waals surface area contributed by atoms with Crippen molar-refractivity contribution < 1.29 is 9.00 Å². The zero-order chi connectivity index (χ0) is 22.4. The fourth-order valence-corrected chi connectivity index (χ4v) is 5.76. The van der Waals surface area contributed by atoms with Crippen molar-refractivity contribution >= 4 is 50.2 Å². The number of benzene rings is 1. The van der Waals surface area contributed by atoms with Crippen molar-refractivity contribution in [3.63, 3.8) is 0 Å². The largest absolute Gasteiger partial charge is 0.353 e. The van der Waals surface area contributed by atoms with E-state index in [1.807, 2.05) is 47.1 Å². The Labute approximate surface area is 190 Å². The van der Waals surface area contributed by atoms with Gasteiger partial charge in [-0.15, -0.1) is 11.3 Å². The van der Waals surface area contributed by atoms with Gasteiger partial charge in [-0.05, 0) is 38.1 Å². The molecule has 4 aromatic rings. The molecule has 4 heterocycles. The van der Waals surface area contributed by atoms with E-state index in [2.05, 4.69) is 15.0 Å². The first-order chi connectivity index (χ1) is 15.4. The molecular formula is C22H23N5O3S2. The zero-order valence-corrected chi connectivity index (χ0v) is 19.4. The fraction of sp³-hybridized carbons (Fsp3) is 0.318. The van der Waals surface area contributed by atoms with E-state index in [0.29, 0.717) is 43.1 Å². The second kappa shape index (κ2) is 8.27. The van der Waals surface area contributed by atoms with Gasteiger partial charge in [-0.2, -0.15) is 0 Å². The second-order valence-electron chi connectivity index (χ2n) is 8.12. The molecule has 1 aliphatic rings. The number of fused-ring (bicyclic) bond motifs is 2. The second-order valence-corrected chi connectivity index (χ2v) is 10.9. The summed E-state index contributed by atoms with van der Waals surface area (Å²) < 4.78 is 14.2. The number of hydrogen-bond donors (Lipinski definition) is 2. The highest BCUT2D eigenvalue weighted by Crippen LogP contribution is 2.24. The summed E-state index contributed by atoms with van der Waals surface area (Å²) in [7, 11) is -1.02. The van der Waals surface area contributed by atoms with Crippen LogP contribution in [0.25, 0.3) is 33.3 Å². The van der Waals surface area contributed by atoms with Gasteiger partial charge >= 0.3 is 0 Å². The van der Waals surface area contributed by atoms with Crippen LogP contribution >= 0.6 is 11.3 Å². The number of aromatic amines is 2. The molecule has 10 heteroatoms. The maximum Gasteiger partial charge on any atom is 0.276 e. The van der Waals surface area contributed by atoms with Crippen LogP contribution in [-0.2, 0) is 11.0 Å². The van der Waals surface area contributed by atoms with Crippen molar-refractivity contribution in [2.75, 3.05) is 26.2 Å². The molecule has 1 aromatic carbocycles. The van der Waals surface area contributed by atoms with Crippen LogP contribution in [-0.4, -0.2) is 65.7 Å². The van der Waals surface area contributed by atoms with Gasteiger partial charge in [0, 0.05) is 58.7 Å². The normalized spacial score (nSPS) is 16.3. The van der Waals surface area contributed by atoms with Gasteiger partial charge in [0.2, 0.25) is 0 Å². The first-order valence-corrected chi connectivity index (χ1v) is 12.6.